The van der Waals surface area contributed by atoms with Crippen LogP contribution in [0.3, 0.4) is 0 Å². The number of pyridine rings is 1. The first kappa shape index (κ1) is 12.5. The van der Waals surface area contributed by atoms with Gasteiger partial charge in [-0.3, -0.25) is 4.98 Å². The van der Waals surface area contributed by atoms with E-state index in [1.54, 1.807) is 11.5 Å². The van der Waals surface area contributed by atoms with Crippen LogP contribution in [-0.4, -0.2) is 9.36 Å². The Morgan fingerprint density at radius 3 is 2.18 bits per heavy atom. The summed E-state index contributed by atoms with van der Waals surface area (Å²) in [6.45, 7) is 13.2. The smallest absolute Gasteiger partial charge is 0.105 e. The highest BCUT2D eigenvalue weighted by Crippen LogP contribution is 2.32. The third-order valence-corrected chi connectivity index (χ3v) is 3.67. The Bertz CT molecular complexity index is 541. The van der Waals surface area contributed by atoms with Crippen molar-refractivity contribution in [3.63, 3.8) is 0 Å². The van der Waals surface area contributed by atoms with Crippen LogP contribution in [0, 0.1) is 0 Å². The number of rotatable bonds is 0. The van der Waals surface area contributed by atoms with E-state index in [-0.39, 0.29) is 10.8 Å². The topological polar surface area (TPSA) is 25.8 Å². The maximum atomic E-state index is 4.62. The average molecular weight is 248 g/mol. The largest absolute Gasteiger partial charge is 0.253 e. The molecule has 3 heteroatoms. The molecule has 0 atom stereocenters. The molecule has 0 radical (unpaired) electrons. The molecule has 0 N–H and O–H groups in total. The van der Waals surface area contributed by atoms with E-state index in [1.165, 1.54) is 10.3 Å². The molecule has 0 amide bonds. The zero-order valence-corrected chi connectivity index (χ0v) is 12.3. The predicted molar refractivity (Wildman–Crippen MR) is 74.8 cm³/mol. The fraction of sp³-hybridized carbons (Fsp3) is 0.571. The monoisotopic (exact) mass is 248 g/mol. The van der Waals surface area contributed by atoms with Gasteiger partial charge in [0.15, 0.2) is 0 Å². The summed E-state index contributed by atoms with van der Waals surface area (Å²) in [7, 11) is 0. The van der Waals surface area contributed by atoms with E-state index < -0.39 is 0 Å². The van der Waals surface area contributed by atoms with Gasteiger partial charge in [0, 0.05) is 11.6 Å². The Balaban J connectivity index is 2.61. The lowest BCUT2D eigenvalue weighted by atomic mass is 9.87. The summed E-state index contributed by atoms with van der Waals surface area (Å²) in [5, 5.41) is 0. The van der Waals surface area contributed by atoms with Crippen LogP contribution in [0.2, 0.25) is 0 Å². The van der Waals surface area contributed by atoms with E-state index in [0.29, 0.717) is 0 Å². The van der Waals surface area contributed by atoms with E-state index in [1.807, 2.05) is 6.20 Å². The zero-order valence-electron chi connectivity index (χ0n) is 11.5. The maximum Gasteiger partial charge on any atom is 0.105 e. The molecule has 0 aliphatic heterocycles. The first-order chi connectivity index (χ1) is 7.69. The van der Waals surface area contributed by atoms with Crippen molar-refractivity contribution in [3.8, 4) is 0 Å². The van der Waals surface area contributed by atoms with Crippen LogP contribution >= 0.6 is 11.5 Å². The van der Waals surface area contributed by atoms with Crippen molar-refractivity contribution in [2.24, 2.45) is 0 Å². The van der Waals surface area contributed by atoms with Gasteiger partial charge in [-0.2, -0.15) is 4.37 Å². The molecule has 2 heterocycles. The van der Waals surface area contributed by atoms with Crippen molar-refractivity contribution in [1.29, 1.82) is 0 Å². The van der Waals surface area contributed by atoms with E-state index in [2.05, 4.69) is 57.0 Å². The Morgan fingerprint density at radius 1 is 1.00 bits per heavy atom. The second kappa shape index (κ2) is 3.77. The molecule has 2 rings (SSSR count). The number of nitrogens with zero attached hydrogens (tertiary/aromatic N) is 2. The maximum absolute atomic E-state index is 4.62. The highest BCUT2D eigenvalue weighted by molar-refractivity contribution is 7.13. The van der Waals surface area contributed by atoms with Gasteiger partial charge in [0.2, 0.25) is 0 Å². The van der Waals surface area contributed by atoms with Gasteiger partial charge in [0.05, 0.1) is 10.4 Å². The fourth-order valence-electron chi connectivity index (χ4n) is 1.73. The summed E-state index contributed by atoms with van der Waals surface area (Å²) >= 11 is 1.56. The van der Waals surface area contributed by atoms with Crippen LogP contribution in [0.25, 0.3) is 10.2 Å². The van der Waals surface area contributed by atoms with Crippen molar-refractivity contribution in [1.82, 2.24) is 9.36 Å². The quantitative estimate of drug-likeness (QED) is 0.695. The number of fused-ring (bicyclic) bond motifs is 1. The van der Waals surface area contributed by atoms with Crippen molar-refractivity contribution in [2.75, 3.05) is 0 Å². The molecule has 0 aromatic carbocycles. The van der Waals surface area contributed by atoms with Gasteiger partial charge < -0.3 is 0 Å². The summed E-state index contributed by atoms with van der Waals surface area (Å²) in [4.78, 5) is 4.62. The van der Waals surface area contributed by atoms with E-state index in [4.69, 9.17) is 0 Å². The molecule has 0 unspecified atom stereocenters. The molecule has 0 aliphatic carbocycles. The molecule has 17 heavy (non-hydrogen) atoms. The standard InChI is InChI=1S/C14H20N2S/c1-13(2,3)9-7-10-11(15-8-9)12(16-17-10)14(4,5)6/h7-8H,1-6H3. The molecule has 0 saturated carbocycles. The van der Waals surface area contributed by atoms with E-state index in [9.17, 15) is 0 Å². The molecule has 0 bridgehead atoms. The van der Waals surface area contributed by atoms with Crippen LogP contribution in [0.5, 0.6) is 0 Å². The summed E-state index contributed by atoms with van der Waals surface area (Å²) in [5.74, 6) is 0. The first-order valence-corrected chi connectivity index (χ1v) is 6.73. The van der Waals surface area contributed by atoms with Crippen molar-refractivity contribution in [3.05, 3.63) is 23.5 Å². The van der Waals surface area contributed by atoms with Gasteiger partial charge in [-0.1, -0.05) is 41.5 Å². The number of aromatic nitrogens is 2. The minimum absolute atomic E-state index is 0.0640. The molecule has 0 spiro atoms. The number of hydrogen-bond acceptors (Lipinski definition) is 3. The molecule has 2 aromatic heterocycles. The van der Waals surface area contributed by atoms with E-state index in [0.717, 1.165) is 11.2 Å². The van der Waals surface area contributed by atoms with E-state index >= 15 is 0 Å². The van der Waals surface area contributed by atoms with Gasteiger partial charge in [-0.25, -0.2) is 0 Å². The summed E-state index contributed by atoms with van der Waals surface area (Å²) in [6.07, 6.45) is 1.99. The van der Waals surface area contributed by atoms with Gasteiger partial charge in [-0.05, 0) is 28.6 Å². The Kier molecular flexibility index (Phi) is 2.77. The normalized spacial score (nSPS) is 13.3. The molecule has 0 saturated heterocycles. The molecular formula is C14H20N2S. The zero-order chi connectivity index (χ0) is 12.8. The Morgan fingerprint density at radius 2 is 1.65 bits per heavy atom. The lowest BCUT2D eigenvalue weighted by Gasteiger charge is -2.19. The first-order valence-electron chi connectivity index (χ1n) is 5.96. The molecule has 92 valence electrons. The SMILES string of the molecule is CC(C)(C)c1cnc2c(C(C)(C)C)nsc2c1. The average Bonchev–Trinajstić information content (AvgIpc) is 2.57. The summed E-state index contributed by atoms with van der Waals surface area (Å²) < 4.78 is 5.77. The third kappa shape index (κ3) is 2.34. The van der Waals surface area contributed by atoms with Crippen LogP contribution in [0.4, 0.5) is 0 Å². The lowest BCUT2D eigenvalue weighted by Crippen LogP contribution is -2.13. The molecule has 2 aromatic rings. The van der Waals surface area contributed by atoms with Crippen LogP contribution in [0.1, 0.15) is 52.8 Å². The highest BCUT2D eigenvalue weighted by atomic mass is 32.1. The van der Waals surface area contributed by atoms with Crippen LogP contribution in [0.15, 0.2) is 12.3 Å². The van der Waals surface area contributed by atoms with Gasteiger partial charge in [0.25, 0.3) is 0 Å². The minimum Gasteiger partial charge on any atom is -0.253 e. The fourth-order valence-corrected chi connectivity index (χ4v) is 2.70. The second-order valence-corrected chi connectivity index (χ2v) is 7.41. The molecule has 0 aliphatic rings. The van der Waals surface area contributed by atoms with Gasteiger partial charge >= 0.3 is 0 Å². The molecule has 2 nitrogen and oxygen atoms in total. The summed E-state index contributed by atoms with van der Waals surface area (Å²) in [6, 6.07) is 2.23. The van der Waals surface area contributed by atoms with Crippen LogP contribution < -0.4 is 0 Å². The van der Waals surface area contributed by atoms with Gasteiger partial charge in [0.1, 0.15) is 5.52 Å². The lowest BCUT2D eigenvalue weighted by molar-refractivity contribution is 0.578. The number of hydrogen-bond donors (Lipinski definition) is 0. The van der Waals surface area contributed by atoms with Crippen molar-refractivity contribution < 1.29 is 0 Å². The predicted octanol–water partition coefficient (Wildman–Crippen LogP) is 4.29. The minimum atomic E-state index is 0.0640. The van der Waals surface area contributed by atoms with Crippen molar-refractivity contribution >= 4 is 21.7 Å². The molecular weight excluding hydrogens is 228 g/mol. The molecule has 0 fully saturated rings. The highest BCUT2D eigenvalue weighted by Gasteiger charge is 2.23. The second-order valence-electron chi connectivity index (χ2n) is 6.60. The Labute approximate surface area is 107 Å². The summed E-state index contributed by atoms with van der Waals surface area (Å²) in [5.41, 5.74) is 3.66. The van der Waals surface area contributed by atoms with Gasteiger partial charge in [-0.15, -0.1) is 0 Å². The van der Waals surface area contributed by atoms with Crippen LogP contribution in [-0.2, 0) is 10.8 Å². The van der Waals surface area contributed by atoms with Crippen molar-refractivity contribution in [2.45, 2.75) is 52.4 Å². The Hall–Kier alpha value is -0.960. The third-order valence-electron chi connectivity index (χ3n) is 2.89.